The van der Waals surface area contributed by atoms with E-state index in [1.807, 2.05) is 4.90 Å². The first-order valence-electron chi connectivity index (χ1n) is 9.69. The summed E-state index contributed by atoms with van der Waals surface area (Å²) in [6, 6.07) is 4.34. The second-order valence-corrected chi connectivity index (χ2v) is 8.44. The number of nitrogens with one attached hydrogen (secondary N) is 1. The summed E-state index contributed by atoms with van der Waals surface area (Å²) in [7, 11) is 1.70. The number of hydrogen-bond donors (Lipinski definition) is 1. The number of likely N-dealkylation sites (N-methyl/N-ethyl adjacent to an activating group) is 1. The number of urea groups is 1. The highest BCUT2D eigenvalue weighted by Gasteiger charge is 2.43. The van der Waals surface area contributed by atoms with Crippen LogP contribution in [0.4, 0.5) is 4.79 Å². The molecule has 0 saturated carbocycles. The van der Waals surface area contributed by atoms with Gasteiger partial charge in [0.05, 0.1) is 23.9 Å². The number of carbonyl (C=O) groups is 2. The molecule has 3 aliphatic heterocycles. The lowest BCUT2D eigenvalue weighted by atomic mass is 9.95. The Kier molecular flexibility index (Phi) is 5.54. The number of rotatable bonds is 4. The molecule has 3 aliphatic rings. The summed E-state index contributed by atoms with van der Waals surface area (Å²) in [5, 5.41) is 3.87. The molecule has 0 aromatic heterocycles. The van der Waals surface area contributed by atoms with Gasteiger partial charge in [-0.3, -0.25) is 9.69 Å². The van der Waals surface area contributed by atoms with Crippen LogP contribution in [0, 0.1) is 0 Å². The number of benzene rings is 1. The Labute approximate surface area is 175 Å². The number of nitrogens with zero attached hydrogens (tertiary/aromatic N) is 3. The highest BCUT2D eigenvalue weighted by atomic mass is 35.5. The van der Waals surface area contributed by atoms with E-state index in [2.05, 4.69) is 10.2 Å². The smallest absolute Gasteiger partial charge is 0.322 e. The molecule has 3 heterocycles. The molecular weight excluding hydrogens is 399 g/mol. The zero-order valence-electron chi connectivity index (χ0n) is 15.9. The molecule has 6 nitrogen and oxygen atoms in total. The summed E-state index contributed by atoms with van der Waals surface area (Å²) in [5.74, 6) is -0.0325. The molecule has 28 heavy (non-hydrogen) atoms. The van der Waals surface area contributed by atoms with E-state index >= 15 is 0 Å². The Morgan fingerprint density at radius 1 is 1.11 bits per heavy atom. The molecule has 0 spiro atoms. The van der Waals surface area contributed by atoms with Crippen molar-refractivity contribution in [3.05, 3.63) is 45.1 Å². The van der Waals surface area contributed by atoms with E-state index in [0.717, 1.165) is 25.3 Å². The van der Waals surface area contributed by atoms with E-state index < -0.39 is 6.04 Å². The first kappa shape index (κ1) is 19.6. The number of amides is 3. The Morgan fingerprint density at radius 2 is 1.86 bits per heavy atom. The van der Waals surface area contributed by atoms with E-state index in [0.29, 0.717) is 34.3 Å². The van der Waals surface area contributed by atoms with E-state index in [1.165, 1.54) is 24.2 Å². The fraction of sp³-hybridized carbons (Fsp3) is 0.500. The molecular formula is C20H24Cl2N4O2. The normalized spacial score (nSPS) is 23.3. The Bertz CT molecular complexity index is 835. The lowest BCUT2D eigenvalue weighted by Gasteiger charge is -2.31. The quantitative estimate of drug-likeness (QED) is 0.809. The van der Waals surface area contributed by atoms with Crippen LogP contribution in [0.5, 0.6) is 0 Å². The third-order valence-corrected chi connectivity index (χ3v) is 6.41. The highest BCUT2D eigenvalue weighted by Crippen LogP contribution is 2.38. The second kappa shape index (κ2) is 7.93. The molecule has 3 amide bonds. The molecule has 0 aliphatic carbocycles. The molecule has 0 bridgehead atoms. The summed E-state index contributed by atoms with van der Waals surface area (Å²) in [4.78, 5) is 31.5. The average Bonchev–Trinajstić information content (AvgIpc) is 3.01. The van der Waals surface area contributed by atoms with Gasteiger partial charge in [0, 0.05) is 30.2 Å². The topological polar surface area (TPSA) is 55.9 Å². The molecule has 1 aromatic rings. The van der Waals surface area contributed by atoms with Crippen molar-refractivity contribution in [2.24, 2.45) is 0 Å². The van der Waals surface area contributed by atoms with Crippen LogP contribution in [0.25, 0.3) is 0 Å². The van der Waals surface area contributed by atoms with Crippen molar-refractivity contribution in [1.82, 2.24) is 20.0 Å². The van der Waals surface area contributed by atoms with Crippen molar-refractivity contribution < 1.29 is 9.59 Å². The van der Waals surface area contributed by atoms with Crippen LogP contribution in [0.2, 0.25) is 10.0 Å². The van der Waals surface area contributed by atoms with Crippen LogP contribution < -0.4 is 5.32 Å². The minimum absolute atomic E-state index is 0.0325. The van der Waals surface area contributed by atoms with Crippen molar-refractivity contribution in [2.75, 3.05) is 39.8 Å². The zero-order valence-corrected chi connectivity index (χ0v) is 17.4. The third kappa shape index (κ3) is 3.61. The van der Waals surface area contributed by atoms with Gasteiger partial charge < -0.3 is 15.1 Å². The van der Waals surface area contributed by atoms with Gasteiger partial charge in [-0.2, -0.15) is 0 Å². The standard InChI is InChI=1S/C20H24Cl2N4O2/c1-24-16-12-26(10-9-25-7-3-2-4-8-25)19(27)17(16)18(23-20(24)28)14-6-5-13(21)11-15(14)22/h5-6,11,18H,2-4,7-10,12H2,1H3,(H,23,28). The molecule has 1 fully saturated rings. The van der Waals surface area contributed by atoms with Crippen LogP contribution >= 0.6 is 23.2 Å². The maximum absolute atomic E-state index is 13.2. The van der Waals surface area contributed by atoms with Gasteiger partial charge in [0.1, 0.15) is 0 Å². The minimum atomic E-state index is -0.559. The predicted octanol–water partition coefficient (Wildman–Crippen LogP) is 3.27. The van der Waals surface area contributed by atoms with Crippen molar-refractivity contribution in [3.63, 3.8) is 0 Å². The molecule has 0 radical (unpaired) electrons. The summed E-state index contributed by atoms with van der Waals surface area (Å²) in [5.41, 5.74) is 2.04. The number of piperidine rings is 1. The fourth-order valence-corrected chi connectivity index (χ4v) is 4.74. The second-order valence-electron chi connectivity index (χ2n) is 7.60. The average molecular weight is 423 g/mol. The fourth-order valence-electron chi connectivity index (χ4n) is 4.22. The van der Waals surface area contributed by atoms with Crippen molar-refractivity contribution in [2.45, 2.75) is 25.3 Å². The van der Waals surface area contributed by atoms with E-state index in [1.54, 1.807) is 25.2 Å². The van der Waals surface area contributed by atoms with Gasteiger partial charge in [0.25, 0.3) is 5.91 Å². The maximum atomic E-state index is 13.2. The van der Waals surface area contributed by atoms with Crippen molar-refractivity contribution in [3.8, 4) is 0 Å². The predicted molar refractivity (Wildman–Crippen MR) is 109 cm³/mol. The van der Waals surface area contributed by atoms with Gasteiger partial charge in [-0.05, 0) is 43.6 Å². The Hall–Kier alpha value is -1.76. The van der Waals surface area contributed by atoms with Crippen LogP contribution in [0.1, 0.15) is 30.9 Å². The molecule has 1 atom stereocenters. The molecule has 150 valence electrons. The number of carbonyl (C=O) groups excluding carboxylic acids is 2. The number of halogens is 2. The summed E-state index contributed by atoms with van der Waals surface area (Å²) in [6.45, 7) is 4.17. The van der Waals surface area contributed by atoms with Crippen molar-refractivity contribution >= 4 is 35.1 Å². The van der Waals surface area contributed by atoms with Gasteiger partial charge in [-0.1, -0.05) is 35.7 Å². The third-order valence-electron chi connectivity index (χ3n) is 5.84. The van der Waals surface area contributed by atoms with Gasteiger partial charge in [0.15, 0.2) is 0 Å². The van der Waals surface area contributed by atoms with Crippen LogP contribution in [0.15, 0.2) is 29.5 Å². The Balaban J connectivity index is 1.57. The number of hydrogen-bond acceptors (Lipinski definition) is 3. The molecule has 1 aromatic carbocycles. The molecule has 4 rings (SSSR count). The minimum Gasteiger partial charge on any atom is -0.332 e. The van der Waals surface area contributed by atoms with Crippen LogP contribution in [-0.2, 0) is 4.79 Å². The maximum Gasteiger partial charge on any atom is 0.322 e. The molecule has 1 saturated heterocycles. The lowest BCUT2D eigenvalue weighted by molar-refractivity contribution is -0.126. The monoisotopic (exact) mass is 422 g/mol. The van der Waals surface area contributed by atoms with Crippen LogP contribution in [0.3, 0.4) is 0 Å². The first-order valence-corrected chi connectivity index (χ1v) is 10.4. The van der Waals surface area contributed by atoms with Crippen LogP contribution in [-0.4, -0.2) is 66.4 Å². The van der Waals surface area contributed by atoms with E-state index in [4.69, 9.17) is 23.2 Å². The summed E-state index contributed by atoms with van der Waals surface area (Å²) < 4.78 is 0. The van der Waals surface area contributed by atoms with Crippen molar-refractivity contribution in [1.29, 1.82) is 0 Å². The molecule has 1 unspecified atom stereocenters. The molecule has 1 N–H and O–H groups in total. The lowest BCUT2D eigenvalue weighted by Crippen LogP contribution is -2.45. The zero-order chi connectivity index (χ0) is 19.8. The number of likely N-dealkylation sites (tertiary alicyclic amines) is 1. The SMILES string of the molecule is CN1C(=O)NC(c2ccc(Cl)cc2Cl)C2=C1CN(CCN1CCCCC1)C2=O. The Morgan fingerprint density at radius 3 is 2.57 bits per heavy atom. The highest BCUT2D eigenvalue weighted by molar-refractivity contribution is 6.35. The van der Waals surface area contributed by atoms with Gasteiger partial charge in [-0.25, -0.2) is 4.79 Å². The molecule has 8 heteroatoms. The summed E-state index contributed by atoms with van der Waals surface area (Å²) in [6.07, 6.45) is 3.74. The summed E-state index contributed by atoms with van der Waals surface area (Å²) >= 11 is 12.4. The van der Waals surface area contributed by atoms with Gasteiger partial charge in [-0.15, -0.1) is 0 Å². The van der Waals surface area contributed by atoms with E-state index in [9.17, 15) is 9.59 Å². The van der Waals surface area contributed by atoms with Gasteiger partial charge in [0.2, 0.25) is 0 Å². The van der Waals surface area contributed by atoms with E-state index in [-0.39, 0.29) is 11.9 Å². The van der Waals surface area contributed by atoms with Gasteiger partial charge >= 0.3 is 6.03 Å². The largest absolute Gasteiger partial charge is 0.332 e. The first-order chi connectivity index (χ1) is 13.5.